The number of nitrogens with one attached hydrogen (secondary N) is 2. The molecule has 134 valence electrons. The van der Waals surface area contributed by atoms with Crippen LogP contribution < -0.4 is 10.6 Å². The van der Waals surface area contributed by atoms with E-state index in [1.54, 1.807) is 12.4 Å². The summed E-state index contributed by atoms with van der Waals surface area (Å²) in [5, 5.41) is 6.43. The zero-order valence-electron chi connectivity index (χ0n) is 15.7. The van der Waals surface area contributed by atoms with Gasteiger partial charge in [0, 0.05) is 18.4 Å². The van der Waals surface area contributed by atoms with Crippen molar-refractivity contribution in [3.05, 3.63) is 53.3 Å². The van der Waals surface area contributed by atoms with Crippen LogP contribution in [0, 0.1) is 5.92 Å². The SMILES string of the molecule is CCc1cccc(CC)c1Nc1cncc(C(=O)NCCC(C)C)c1. The molecular formula is C21H29N3O. The van der Waals surface area contributed by atoms with Crippen LogP contribution in [0.3, 0.4) is 0 Å². The first-order chi connectivity index (χ1) is 12.0. The fourth-order valence-corrected chi connectivity index (χ4v) is 2.76. The molecule has 0 saturated heterocycles. The summed E-state index contributed by atoms with van der Waals surface area (Å²) >= 11 is 0. The number of para-hydroxylation sites is 1. The lowest BCUT2D eigenvalue weighted by Gasteiger charge is -2.16. The fourth-order valence-electron chi connectivity index (χ4n) is 2.76. The van der Waals surface area contributed by atoms with Gasteiger partial charge < -0.3 is 10.6 Å². The van der Waals surface area contributed by atoms with E-state index in [9.17, 15) is 4.79 Å². The molecule has 2 rings (SSSR count). The van der Waals surface area contributed by atoms with Crippen molar-refractivity contribution in [3.8, 4) is 0 Å². The number of carbonyl (C=O) groups is 1. The Kier molecular flexibility index (Phi) is 6.99. The molecule has 0 aliphatic rings. The predicted molar refractivity (Wildman–Crippen MR) is 105 cm³/mol. The molecule has 0 bridgehead atoms. The van der Waals surface area contributed by atoms with Gasteiger partial charge in [-0.05, 0) is 42.4 Å². The number of aryl methyl sites for hydroxylation is 2. The molecule has 0 saturated carbocycles. The largest absolute Gasteiger partial charge is 0.354 e. The Morgan fingerprint density at radius 1 is 1.12 bits per heavy atom. The van der Waals surface area contributed by atoms with E-state index in [1.807, 2.05) is 6.07 Å². The van der Waals surface area contributed by atoms with Crippen LogP contribution in [0.25, 0.3) is 0 Å². The standard InChI is InChI=1S/C21H29N3O/c1-5-16-8-7-9-17(6-2)20(16)24-19-12-18(13-22-14-19)21(25)23-11-10-15(3)4/h7-9,12-15,24H,5-6,10-11H2,1-4H3,(H,23,25). The minimum absolute atomic E-state index is 0.0729. The summed E-state index contributed by atoms with van der Waals surface area (Å²) in [6.07, 6.45) is 6.26. The lowest BCUT2D eigenvalue weighted by atomic mass is 10.0. The second kappa shape index (κ2) is 9.21. The van der Waals surface area contributed by atoms with E-state index in [0.717, 1.165) is 30.6 Å². The molecule has 4 nitrogen and oxygen atoms in total. The molecule has 25 heavy (non-hydrogen) atoms. The Bertz CT molecular complexity index is 688. The molecular weight excluding hydrogens is 310 g/mol. The number of hydrogen-bond donors (Lipinski definition) is 2. The van der Waals surface area contributed by atoms with Gasteiger partial charge in [0.15, 0.2) is 0 Å². The summed E-state index contributed by atoms with van der Waals surface area (Å²) < 4.78 is 0. The number of benzene rings is 1. The molecule has 1 heterocycles. The normalized spacial score (nSPS) is 10.8. The molecule has 0 aliphatic carbocycles. The molecule has 1 aromatic heterocycles. The van der Waals surface area contributed by atoms with Crippen molar-refractivity contribution >= 4 is 17.3 Å². The Balaban J connectivity index is 2.16. The van der Waals surface area contributed by atoms with E-state index in [4.69, 9.17) is 0 Å². The van der Waals surface area contributed by atoms with Gasteiger partial charge in [0.05, 0.1) is 17.4 Å². The average molecular weight is 339 g/mol. The third kappa shape index (κ3) is 5.31. The monoisotopic (exact) mass is 339 g/mol. The lowest BCUT2D eigenvalue weighted by molar-refractivity contribution is 0.0951. The predicted octanol–water partition coefficient (Wildman–Crippen LogP) is 4.73. The van der Waals surface area contributed by atoms with Crippen molar-refractivity contribution in [1.29, 1.82) is 0 Å². The summed E-state index contributed by atoms with van der Waals surface area (Å²) in [4.78, 5) is 16.5. The van der Waals surface area contributed by atoms with Gasteiger partial charge in [-0.1, -0.05) is 45.9 Å². The van der Waals surface area contributed by atoms with Crippen molar-refractivity contribution in [2.45, 2.75) is 47.0 Å². The number of rotatable bonds is 8. The number of amides is 1. The van der Waals surface area contributed by atoms with Crippen molar-refractivity contribution < 1.29 is 4.79 Å². The van der Waals surface area contributed by atoms with E-state index in [0.29, 0.717) is 18.0 Å². The number of carbonyl (C=O) groups excluding carboxylic acids is 1. The lowest BCUT2D eigenvalue weighted by Crippen LogP contribution is -2.25. The first kappa shape index (κ1) is 19.0. The van der Waals surface area contributed by atoms with Crippen LogP contribution in [0.4, 0.5) is 11.4 Å². The highest BCUT2D eigenvalue weighted by atomic mass is 16.1. The molecule has 0 aliphatic heterocycles. The maximum Gasteiger partial charge on any atom is 0.252 e. The average Bonchev–Trinajstić information content (AvgIpc) is 2.61. The van der Waals surface area contributed by atoms with Gasteiger partial charge in [-0.2, -0.15) is 0 Å². The van der Waals surface area contributed by atoms with Crippen LogP contribution in [0.2, 0.25) is 0 Å². The third-order valence-corrected chi connectivity index (χ3v) is 4.28. The smallest absolute Gasteiger partial charge is 0.252 e. The first-order valence-corrected chi connectivity index (χ1v) is 9.16. The fraction of sp³-hybridized carbons (Fsp3) is 0.429. The molecule has 2 aromatic rings. The highest BCUT2D eigenvalue weighted by Gasteiger charge is 2.10. The molecule has 0 radical (unpaired) electrons. The minimum Gasteiger partial charge on any atom is -0.354 e. The molecule has 0 spiro atoms. The number of hydrogen-bond acceptors (Lipinski definition) is 3. The Hall–Kier alpha value is -2.36. The summed E-state index contributed by atoms with van der Waals surface area (Å²) in [6, 6.07) is 8.23. The van der Waals surface area contributed by atoms with Crippen LogP contribution in [0.15, 0.2) is 36.7 Å². The Labute approximate surface area is 151 Å². The number of anilines is 2. The van der Waals surface area contributed by atoms with Crippen molar-refractivity contribution in [1.82, 2.24) is 10.3 Å². The third-order valence-electron chi connectivity index (χ3n) is 4.28. The topological polar surface area (TPSA) is 54.0 Å². The zero-order chi connectivity index (χ0) is 18.2. The molecule has 0 atom stereocenters. The van der Waals surface area contributed by atoms with Crippen LogP contribution in [-0.4, -0.2) is 17.4 Å². The van der Waals surface area contributed by atoms with Crippen LogP contribution in [0.1, 0.15) is 55.6 Å². The summed E-state index contributed by atoms with van der Waals surface area (Å²) in [5.74, 6) is 0.501. The molecule has 0 unspecified atom stereocenters. The van der Waals surface area contributed by atoms with Crippen molar-refractivity contribution in [3.63, 3.8) is 0 Å². The van der Waals surface area contributed by atoms with Crippen LogP contribution >= 0.6 is 0 Å². The Morgan fingerprint density at radius 2 is 1.80 bits per heavy atom. The maximum absolute atomic E-state index is 12.3. The van der Waals surface area contributed by atoms with Gasteiger partial charge in [0.1, 0.15) is 0 Å². The first-order valence-electron chi connectivity index (χ1n) is 9.16. The molecule has 2 N–H and O–H groups in total. The van der Waals surface area contributed by atoms with E-state index in [2.05, 4.69) is 61.5 Å². The van der Waals surface area contributed by atoms with Crippen LogP contribution in [-0.2, 0) is 12.8 Å². The van der Waals surface area contributed by atoms with Gasteiger partial charge in [0.2, 0.25) is 0 Å². The van der Waals surface area contributed by atoms with E-state index < -0.39 is 0 Å². The minimum atomic E-state index is -0.0729. The second-order valence-corrected chi connectivity index (χ2v) is 6.68. The Morgan fingerprint density at radius 3 is 2.40 bits per heavy atom. The van der Waals surface area contributed by atoms with Gasteiger partial charge in [-0.25, -0.2) is 0 Å². The molecule has 4 heteroatoms. The van der Waals surface area contributed by atoms with E-state index >= 15 is 0 Å². The summed E-state index contributed by atoms with van der Waals surface area (Å²) in [7, 11) is 0. The van der Waals surface area contributed by atoms with Gasteiger partial charge in [0.25, 0.3) is 5.91 Å². The van der Waals surface area contributed by atoms with Crippen molar-refractivity contribution in [2.75, 3.05) is 11.9 Å². The highest BCUT2D eigenvalue weighted by molar-refractivity contribution is 5.94. The molecule has 0 fully saturated rings. The van der Waals surface area contributed by atoms with Crippen molar-refractivity contribution in [2.24, 2.45) is 5.92 Å². The number of nitrogens with zero attached hydrogens (tertiary/aromatic N) is 1. The molecule has 1 aromatic carbocycles. The maximum atomic E-state index is 12.3. The van der Waals surface area contributed by atoms with Gasteiger partial charge in [-0.3, -0.25) is 9.78 Å². The van der Waals surface area contributed by atoms with Gasteiger partial charge in [-0.15, -0.1) is 0 Å². The number of pyridine rings is 1. The van der Waals surface area contributed by atoms with E-state index in [-0.39, 0.29) is 5.91 Å². The molecule has 1 amide bonds. The quantitative estimate of drug-likeness (QED) is 0.731. The van der Waals surface area contributed by atoms with Crippen LogP contribution in [0.5, 0.6) is 0 Å². The second-order valence-electron chi connectivity index (χ2n) is 6.68. The summed E-state index contributed by atoms with van der Waals surface area (Å²) in [6.45, 7) is 9.28. The van der Waals surface area contributed by atoms with Gasteiger partial charge >= 0.3 is 0 Å². The number of aromatic nitrogens is 1. The highest BCUT2D eigenvalue weighted by Crippen LogP contribution is 2.26. The zero-order valence-corrected chi connectivity index (χ0v) is 15.7. The summed E-state index contributed by atoms with van der Waals surface area (Å²) in [5.41, 5.74) is 5.09. The van der Waals surface area contributed by atoms with E-state index in [1.165, 1.54) is 11.1 Å².